The van der Waals surface area contributed by atoms with Crippen LogP contribution < -0.4 is 15.2 Å². The summed E-state index contributed by atoms with van der Waals surface area (Å²) in [5, 5.41) is 0.608. The molecule has 4 heterocycles. The van der Waals surface area contributed by atoms with Gasteiger partial charge in [0, 0.05) is 87.0 Å². The third-order valence-electron chi connectivity index (χ3n) is 8.00. The number of pyridine rings is 1. The zero-order valence-corrected chi connectivity index (χ0v) is 24.2. The van der Waals surface area contributed by atoms with Crippen molar-refractivity contribution in [1.29, 1.82) is 0 Å². The Morgan fingerprint density at radius 2 is 1.81 bits per heavy atom. The Bertz CT molecular complexity index is 1780. The van der Waals surface area contributed by atoms with Gasteiger partial charge >= 0.3 is 0 Å². The van der Waals surface area contributed by atoms with E-state index >= 15 is 0 Å². The second-order valence-corrected chi connectivity index (χ2v) is 13.2. The predicted molar refractivity (Wildman–Crippen MR) is 155 cm³/mol. The van der Waals surface area contributed by atoms with Crippen LogP contribution >= 0.6 is 0 Å². The third kappa shape index (κ3) is 5.50. The van der Waals surface area contributed by atoms with Gasteiger partial charge in [0.1, 0.15) is 11.3 Å². The van der Waals surface area contributed by atoms with Crippen molar-refractivity contribution in [2.24, 2.45) is 13.0 Å². The molecule has 4 aromatic rings. The molecule has 1 saturated carbocycles. The maximum Gasteiger partial charge on any atom is 0.274 e. The molecular weight excluding hydrogens is 566 g/mol. The van der Waals surface area contributed by atoms with Crippen LogP contribution in [-0.2, 0) is 23.4 Å². The molecule has 1 aliphatic carbocycles. The van der Waals surface area contributed by atoms with Gasteiger partial charge in [-0.1, -0.05) is 6.92 Å². The van der Waals surface area contributed by atoms with Crippen LogP contribution in [0.2, 0.25) is 0 Å². The number of alkyl halides is 2. The van der Waals surface area contributed by atoms with Gasteiger partial charge in [0.05, 0.1) is 23.2 Å². The monoisotopic (exact) mass is 598 g/mol. The van der Waals surface area contributed by atoms with Gasteiger partial charge in [-0.05, 0) is 30.3 Å². The lowest BCUT2D eigenvalue weighted by atomic mass is 10.0. The maximum atomic E-state index is 13.6. The number of hydrogen-bond donors (Lipinski definition) is 1. The van der Waals surface area contributed by atoms with Crippen LogP contribution in [0.15, 0.2) is 58.6 Å². The topological polar surface area (TPSA) is 113 Å². The number of benzene rings is 1. The zero-order chi connectivity index (χ0) is 29.6. The van der Waals surface area contributed by atoms with Crippen LogP contribution in [0.3, 0.4) is 0 Å². The lowest BCUT2D eigenvalue weighted by Crippen LogP contribution is -2.46. The van der Waals surface area contributed by atoms with E-state index in [4.69, 9.17) is 4.74 Å². The van der Waals surface area contributed by atoms with Crippen molar-refractivity contribution in [3.63, 3.8) is 0 Å². The van der Waals surface area contributed by atoms with Crippen LogP contribution in [-0.4, -0.2) is 77.3 Å². The minimum absolute atomic E-state index is 0.0956. The van der Waals surface area contributed by atoms with Gasteiger partial charge in [0.2, 0.25) is 5.95 Å². The number of piperazine rings is 1. The molecule has 6 rings (SSSR count). The number of ether oxygens (including phenoxy) is 1. The first-order valence-electron chi connectivity index (χ1n) is 13.9. The van der Waals surface area contributed by atoms with Crippen molar-refractivity contribution < 1.29 is 21.9 Å². The normalized spacial score (nSPS) is 18.9. The summed E-state index contributed by atoms with van der Waals surface area (Å²) in [6.45, 7) is 5.02. The van der Waals surface area contributed by atoms with Gasteiger partial charge in [0.15, 0.2) is 9.84 Å². The molecule has 42 heavy (non-hydrogen) atoms. The average molecular weight is 599 g/mol. The number of nitrogens with zero attached hydrogens (tertiary/aromatic N) is 5. The summed E-state index contributed by atoms with van der Waals surface area (Å²) in [5.41, 5.74) is 1.98. The fourth-order valence-corrected chi connectivity index (χ4v) is 6.24. The van der Waals surface area contributed by atoms with Gasteiger partial charge in [-0.25, -0.2) is 27.2 Å². The molecule has 2 aliphatic rings. The number of aromatic amines is 1. The minimum atomic E-state index is -3.56. The van der Waals surface area contributed by atoms with Crippen molar-refractivity contribution in [3.8, 4) is 16.9 Å². The molecule has 1 N–H and O–H groups in total. The van der Waals surface area contributed by atoms with Crippen LogP contribution in [0.25, 0.3) is 22.0 Å². The van der Waals surface area contributed by atoms with Gasteiger partial charge < -0.3 is 19.2 Å². The molecule has 2 fully saturated rings. The molecule has 1 atom stereocenters. The van der Waals surface area contributed by atoms with E-state index in [0.29, 0.717) is 34.5 Å². The fourth-order valence-electron chi connectivity index (χ4n) is 5.34. The molecule has 0 spiro atoms. The highest BCUT2D eigenvalue weighted by Gasteiger charge is 2.57. The molecule has 1 aromatic carbocycles. The quantitative estimate of drug-likeness (QED) is 0.312. The van der Waals surface area contributed by atoms with Crippen molar-refractivity contribution in [1.82, 2.24) is 24.4 Å². The molecule has 1 aliphatic heterocycles. The summed E-state index contributed by atoms with van der Waals surface area (Å²) in [6.07, 6.45) is 4.85. The van der Waals surface area contributed by atoms with E-state index in [9.17, 15) is 22.0 Å². The molecule has 10 nitrogen and oxygen atoms in total. The van der Waals surface area contributed by atoms with E-state index in [1.54, 1.807) is 38.6 Å². The summed E-state index contributed by atoms with van der Waals surface area (Å²) >= 11 is 0. The summed E-state index contributed by atoms with van der Waals surface area (Å²) in [4.78, 5) is 29.6. The van der Waals surface area contributed by atoms with Crippen LogP contribution in [0.4, 0.5) is 14.7 Å². The minimum Gasteiger partial charge on any atom is -0.492 e. The summed E-state index contributed by atoms with van der Waals surface area (Å²) < 4.78 is 60.0. The van der Waals surface area contributed by atoms with Crippen molar-refractivity contribution >= 4 is 26.7 Å². The molecule has 0 bridgehead atoms. The van der Waals surface area contributed by atoms with E-state index in [2.05, 4.69) is 24.8 Å². The highest BCUT2D eigenvalue weighted by Crippen LogP contribution is 2.49. The molecule has 222 valence electrons. The first kappa shape index (κ1) is 28.3. The number of anilines is 1. The average Bonchev–Trinajstić information content (AvgIpc) is 3.39. The molecular formula is C29H32F2N6O4S. The highest BCUT2D eigenvalue weighted by atomic mass is 32.2. The van der Waals surface area contributed by atoms with Crippen molar-refractivity contribution in [2.75, 3.05) is 43.4 Å². The molecule has 1 saturated heterocycles. The van der Waals surface area contributed by atoms with Crippen molar-refractivity contribution in [3.05, 3.63) is 65.0 Å². The van der Waals surface area contributed by atoms with Crippen LogP contribution in [0.1, 0.15) is 19.0 Å². The van der Waals surface area contributed by atoms with Gasteiger partial charge in [-0.15, -0.1) is 0 Å². The van der Waals surface area contributed by atoms with E-state index in [0.717, 1.165) is 31.9 Å². The Kier molecular flexibility index (Phi) is 7.26. The summed E-state index contributed by atoms with van der Waals surface area (Å²) in [5.74, 6) is -2.73. The van der Waals surface area contributed by atoms with E-state index in [-0.39, 0.29) is 35.0 Å². The first-order chi connectivity index (χ1) is 20.1. The van der Waals surface area contributed by atoms with Gasteiger partial charge in [-0.2, -0.15) is 0 Å². The summed E-state index contributed by atoms with van der Waals surface area (Å²) in [7, 11) is -1.94. The number of sulfone groups is 1. The Morgan fingerprint density at radius 1 is 1.10 bits per heavy atom. The molecule has 3 aromatic heterocycles. The maximum absolute atomic E-state index is 13.6. The lowest BCUT2D eigenvalue weighted by Gasteiger charge is -2.34. The number of fused-ring (bicyclic) bond motifs is 1. The molecule has 0 amide bonds. The SMILES string of the molecule is CCS(=O)(=O)c1ccc(OCC2CC2(F)F)c(-c2cn(C)c(=O)c3[nH]c(CN4CCN(c5ncccn5)CC4)cc23)c1. The van der Waals surface area contributed by atoms with Crippen LogP contribution in [0.5, 0.6) is 5.75 Å². The standard InChI is InChI=1S/C29H32F2N6O4S/c1-3-42(39,40)21-5-6-25(41-18-19-15-29(19,30)31)22(14-21)24-17-35(2)27(38)26-23(24)13-20(34-26)16-36-9-11-37(12-10-36)28-32-7-4-8-33-28/h4-8,13-14,17,19,34H,3,9-12,15-16,18H2,1-2H3. The van der Waals surface area contributed by atoms with E-state index < -0.39 is 21.7 Å². The van der Waals surface area contributed by atoms with E-state index in [1.807, 2.05) is 6.07 Å². The Hall–Kier alpha value is -3.84. The predicted octanol–water partition coefficient (Wildman–Crippen LogP) is 3.47. The van der Waals surface area contributed by atoms with Crippen molar-refractivity contribution in [2.45, 2.75) is 30.7 Å². The Labute approximate surface area is 241 Å². The van der Waals surface area contributed by atoms with Gasteiger partial charge in [-0.3, -0.25) is 9.69 Å². The highest BCUT2D eigenvalue weighted by molar-refractivity contribution is 7.91. The smallest absolute Gasteiger partial charge is 0.274 e. The number of hydrogen-bond acceptors (Lipinski definition) is 8. The number of aromatic nitrogens is 4. The van der Waals surface area contributed by atoms with Crippen LogP contribution in [0, 0.1) is 5.92 Å². The molecule has 13 heteroatoms. The number of rotatable bonds is 9. The second-order valence-electron chi connectivity index (χ2n) is 10.9. The first-order valence-corrected chi connectivity index (χ1v) is 15.5. The fraction of sp³-hybridized carbons (Fsp3) is 0.414. The molecule has 1 unspecified atom stereocenters. The number of halogens is 2. The summed E-state index contributed by atoms with van der Waals surface area (Å²) in [6, 6.07) is 8.14. The lowest BCUT2D eigenvalue weighted by molar-refractivity contribution is 0.0857. The molecule has 0 radical (unpaired) electrons. The van der Waals surface area contributed by atoms with E-state index in [1.165, 1.54) is 22.8 Å². The third-order valence-corrected chi connectivity index (χ3v) is 9.73. The number of nitrogens with one attached hydrogen (secondary N) is 1. The second kappa shape index (κ2) is 10.8. The Morgan fingerprint density at radius 3 is 2.48 bits per heavy atom. The number of H-pyrrole nitrogens is 1. The number of aryl methyl sites for hydroxylation is 1. The largest absolute Gasteiger partial charge is 0.492 e. The Balaban J connectivity index is 1.33. The van der Waals surface area contributed by atoms with Gasteiger partial charge in [0.25, 0.3) is 11.5 Å². The zero-order valence-electron chi connectivity index (χ0n) is 23.4.